The van der Waals surface area contributed by atoms with Crippen molar-refractivity contribution in [2.45, 2.75) is 19.8 Å². The topological polar surface area (TPSA) is 84.2 Å². The maximum absolute atomic E-state index is 12.6. The van der Waals surface area contributed by atoms with E-state index >= 15 is 0 Å². The van der Waals surface area contributed by atoms with Gasteiger partial charge in [-0.15, -0.1) is 0 Å². The average Bonchev–Trinajstić information content (AvgIpc) is 3.18. The van der Waals surface area contributed by atoms with Gasteiger partial charge in [-0.05, 0) is 30.2 Å². The number of para-hydroxylation sites is 1. The minimum atomic E-state index is -0.305. The number of pyridine rings is 1. The maximum Gasteiger partial charge on any atom is 0.287 e. The Morgan fingerprint density at radius 2 is 1.77 bits per heavy atom. The molecule has 0 aliphatic heterocycles. The number of carbonyl (C=O) groups excluding carboxylic acids is 2. The summed E-state index contributed by atoms with van der Waals surface area (Å²) < 4.78 is 5.02. The monoisotopic (exact) mass is 351 g/mol. The summed E-state index contributed by atoms with van der Waals surface area (Å²) in [6.45, 7) is 4.72. The first-order valence-corrected chi connectivity index (χ1v) is 8.56. The predicted octanol–water partition coefficient (Wildman–Crippen LogP) is 3.11. The molecule has 3 rings (SSSR count). The molecule has 0 spiro atoms. The van der Waals surface area contributed by atoms with E-state index in [2.05, 4.69) is 15.6 Å². The number of nitrogens with zero attached hydrogens (tertiary/aromatic N) is 1. The highest BCUT2D eigenvalue weighted by Crippen LogP contribution is 2.22. The van der Waals surface area contributed by atoms with Gasteiger partial charge in [-0.25, -0.2) is 0 Å². The van der Waals surface area contributed by atoms with Gasteiger partial charge in [0, 0.05) is 24.2 Å². The molecule has 2 N–H and O–H groups in total. The van der Waals surface area contributed by atoms with Gasteiger partial charge in [0.1, 0.15) is 0 Å². The number of nitrogens with one attached hydrogen (secondary N) is 2. The van der Waals surface area contributed by atoms with Crippen LogP contribution in [0.25, 0.3) is 10.9 Å². The van der Waals surface area contributed by atoms with Crippen molar-refractivity contribution in [1.29, 1.82) is 0 Å². The van der Waals surface area contributed by atoms with Crippen LogP contribution in [0.4, 0.5) is 0 Å². The molecule has 0 saturated heterocycles. The number of benzene rings is 1. The Bertz CT molecular complexity index is 917. The molecule has 134 valence electrons. The summed E-state index contributed by atoms with van der Waals surface area (Å²) in [7, 11) is 0. The lowest BCUT2D eigenvalue weighted by Crippen LogP contribution is -2.34. The van der Waals surface area contributed by atoms with E-state index in [1.165, 1.54) is 6.26 Å². The van der Waals surface area contributed by atoms with Crippen LogP contribution in [0.1, 0.15) is 46.4 Å². The van der Waals surface area contributed by atoms with Gasteiger partial charge in [0.25, 0.3) is 11.8 Å². The third kappa shape index (κ3) is 3.91. The van der Waals surface area contributed by atoms with Crippen molar-refractivity contribution in [3.05, 3.63) is 65.7 Å². The van der Waals surface area contributed by atoms with E-state index < -0.39 is 0 Å². The summed E-state index contributed by atoms with van der Waals surface area (Å²) in [5, 5.41) is 6.36. The number of hydrogen-bond donors (Lipinski definition) is 2. The molecule has 0 radical (unpaired) electrons. The molecule has 2 amide bonds. The quantitative estimate of drug-likeness (QED) is 0.668. The molecular formula is C20H21N3O3. The highest BCUT2D eigenvalue weighted by atomic mass is 16.3. The standard InChI is InChI=1S/C20H21N3O3/c1-13(2)17-12-15(14-6-3-4-7-16(14)23-17)19(24)21-9-10-22-20(25)18-8-5-11-26-18/h3-8,11-13H,9-10H2,1-2H3,(H,21,24)(H,22,25). The lowest BCUT2D eigenvalue weighted by molar-refractivity contribution is 0.0911. The number of hydrogen-bond acceptors (Lipinski definition) is 4. The molecule has 26 heavy (non-hydrogen) atoms. The molecule has 0 saturated carbocycles. The fourth-order valence-corrected chi connectivity index (χ4v) is 2.62. The van der Waals surface area contributed by atoms with Gasteiger partial charge in [0.05, 0.1) is 17.3 Å². The van der Waals surface area contributed by atoms with Crippen LogP contribution >= 0.6 is 0 Å². The van der Waals surface area contributed by atoms with Crippen LogP contribution in [0.3, 0.4) is 0 Å². The predicted molar refractivity (Wildman–Crippen MR) is 99.2 cm³/mol. The van der Waals surface area contributed by atoms with Crippen LogP contribution in [0.2, 0.25) is 0 Å². The van der Waals surface area contributed by atoms with Crippen molar-refractivity contribution in [3.8, 4) is 0 Å². The minimum Gasteiger partial charge on any atom is -0.459 e. The molecule has 2 heterocycles. The van der Waals surface area contributed by atoms with E-state index in [4.69, 9.17) is 4.42 Å². The Kier molecular flexibility index (Phi) is 5.31. The Morgan fingerprint density at radius 1 is 1.04 bits per heavy atom. The molecule has 0 atom stereocenters. The third-order valence-electron chi connectivity index (χ3n) is 4.01. The SMILES string of the molecule is CC(C)c1cc(C(=O)NCCNC(=O)c2ccco2)c2ccccc2n1. The maximum atomic E-state index is 12.6. The summed E-state index contributed by atoms with van der Waals surface area (Å²) >= 11 is 0. The van der Waals surface area contributed by atoms with Crippen LogP contribution in [-0.4, -0.2) is 29.9 Å². The van der Waals surface area contributed by atoms with E-state index in [0.717, 1.165) is 16.6 Å². The van der Waals surface area contributed by atoms with E-state index in [-0.39, 0.29) is 23.5 Å². The van der Waals surface area contributed by atoms with Gasteiger partial charge in [0.2, 0.25) is 0 Å². The molecule has 3 aromatic rings. The highest BCUT2D eigenvalue weighted by Gasteiger charge is 2.14. The van der Waals surface area contributed by atoms with Gasteiger partial charge in [-0.1, -0.05) is 32.0 Å². The molecule has 0 aliphatic carbocycles. The second-order valence-corrected chi connectivity index (χ2v) is 6.26. The van der Waals surface area contributed by atoms with Crippen LogP contribution in [0.15, 0.2) is 53.1 Å². The number of carbonyl (C=O) groups is 2. The summed E-state index contributed by atoms with van der Waals surface area (Å²) in [4.78, 5) is 29.0. The highest BCUT2D eigenvalue weighted by molar-refractivity contribution is 6.06. The molecule has 1 aromatic carbocycles. The number of amides is 2. The number of rotatable bonds is 6. The Balaban J connectivity index is 1.66. The van der Waals surface area contributed by atoms with Gasteiger partial charge in [-0.2, -0.15) is 0 Å². The first kappa shape index (κ1) is 17.7. The number of furan rings is 1. The van der Waals surface area contributed by atoms with Crippen molar-refractivity contribution in [3.63, 3.8) is 0 Å². The third-order valence-corrected chi connectivity index (χ3v) is 4.01. The summed E-state index contributed by atoms with van der Waals surface area (Å²) in [6, 6.07) is 12.7. The molecule has 2 aromatic heterocycles. The Labute approximate surface area is 151 Å². The van der Waals surface area contributed by atoms with Crippen molar-refractivity contribution >= 4 is 22.7 Å². The van der Waals surface area contributed by atoms with Gasteiger partial charge in [0.15, 0.2) is 5.76 Å². The first-order chi connectivity index (χ1) is 12.6. The molecule has 6 nitrogen and oxygen atoms in total. The largest absolute Gasteiger partial charge is 0.459 e. The van der Waals surface area contributed by atoms with Crippen molar-refractivity contribution in [2.75, 3.05) is 13.1 Å². The molecule has 6 heteroatoms. The van der Waals surface area contributed by atoms with Crippen molar-refractivity contribution in [2.24, 2.45) is 0 Å². The summed E-state index contributed by atoms with van der Waals surface area (Å²) in [5.41, 5.74) is 2.27. The lowest BCUT2D eigenvalue weighted by atomic mass is 10.0. The van der Waals surface area contributed by atoms with Crippen LogP contribution < -0.4 is 10.6 Å². The zero-order chi connectivity index (χ0) is 18.5. The van der Waals surface area contributed by atoms with Crippen LogP contribution in [-0.2, 0) is 0 Å². The van der Waals surface area contributed by atoms with Crippen LogP contribution in [0, 0.1) is 0 Å². The second-order valence-electron chi connectivity index (χ2n) is 6.26. The van der Waals surface area contributed by atoms with Gasteiger partial charge >= 0.3 is 0 Å². The molecule has 0 unspecified atom stereocenters. The van der Waals surface area contributed by atoms with Crippen LogP contribution in [0.5, 0.6) is 0 Å². The number of aromatic nitrogens is 1. The molecular weight excluding hydrogens is 330 g/mol. The number of fused-ring (bicyclic) bond motifs is 1. The Morgan fingerprint density at radius 3 is 2.46 bits per heavy atom. The zero-order valence-corrected chi connectivity index (χ0v) is 14.8. The fraction of sp³-hybridized carbons (Fsp3) is 0.250. The van der Waals surface area contributed by atoms with E-state index in [0.29, 0.717) is 18.7 Å². The average molecular weight is 351 g/mol. The minimum absolute atomic E-state index is 0.183. The molecule has 0 fully saturated rings. The van der Waals surface area contributed by atoms with Gasteiger partial charge in [-0.3, -0.25) is 14.6 Å². The zero-order valence-electron chi connectivity index (χ0n) is 14.8. The van der Waals surface area contributed by atoms with Crippen molar-refractivity contribution < 1.29 is 14.0 Å². The fourth-order valence-electron chi connectivity index (χ4n) is 2.62. The first-order valence-electron chi connectivity index (χ1n) is 8.56. The van der Waals surface area contributed by atoms with E-state index in [1.807, 2.05) is 44.2 Å². The molecule has 0 bridgehead atoms. The van der Waals surface area contributed by atoms with E-state index in [1.54, 1.807) is 12.1 Å². The normalized spacial score (nSPS) is 10.9. The smallest absolute Gasteiger partial charge is 0.287 e. The second kappa shape index (κ2) is 7.82. The van der Waals surface area contributed by atoms with E-state index in [9.17, 15) is 9.59 Å². The summed E-state index contributed by atoms with van der Waals surface area (Å²) in [6.07, 6.45) is 1.44. The molecule has 0 aliphatic rings. The lowest BCUT2D eigenvalue weighted by Gasteiger charge is -2.12. The Hall–Kier alpha value is -3.15. The summed E-state index contributed by atoms with van der Waals surface area (Å²) in [5.74, 6) is -0.0183. The van der Waals surface area contributed by atoms with Crippen molar-refractivity contribution in [1.82, 2.24) is 15.6 Å². The van der Waals surface area contributed by atoms with Gasteiger partial charge < -0.3 is 15.1 Å².